The van der Waals surface area contributed by atoms with Gasteiger partial charge in [0.2, 0.25) is 0 Å². The first-order chi connectivity index (χ1) is 7.81. The average molecular weight is 216 g/mol. The van der Waals surface area contributed by atoms with Crippen molar-refractivity contribution in [3.63, 3.8) is 0 Å². The minimum absolute atomic E-state index is 0.430. The van der Waals surface area contributed by atoms with Gasteiger partial charge in [-0.15, -0.1) is 0 Å². The second-order valence-corrected chi connectivity index (χ2v) is 3.94. The summed E-state index contributed by atoms with van der Waals surface area (Å²) < 4.78 is 10.5. The number of anilines is 1. The normalized spacial score (nSPS) is 13.5. The lowest BCUT2D eigenvalue weighted by molar-refractivity contribution is 0.356. The summed E-state index contributed by atoms with van der Waals surface area (Å²) in [6, 6.07) is 7.96. The number of fused-ring (bicyclic) bond motifs is 1. The molecule has 0 atom stereocenters. The van der Waals surface area contributed by atoms with E-state index in [0.717, 1.165) is 31.0 Å². The molecule has 0 saturated carbocycles. The van der Waals surface area contributed by atoms with Gasteiger partial charge in [-0.05, 0) is 17.2 Å². The van der Waals surface area contributed by atoms with Crippen molar-refractivity contribution in [1.82, 2.24) is 5.16 Å². The Morgan fingerprint density at radius 2 is 2.25 bits per heavy atom. The number of nitrogen functional groups attached to an aromatic ring is 1. The van der Waals surface area contributed by atoms with Gasteiger partial charge < -0.3 is 15.0 Å². The van der Waals surface area contributed by atoms with Crippen molar-refractivity contribution in [3.05, 3.63) is 41.2 Å². The summed E-state index contributed by atoms with van der Waals surface area (Å²) >= 11 is 0. The quantitative estimate of drug-likeness (QED) is 0.831. The third kappa shape index (κ3) is 1.62. The maximum absolute atomic E-state index is 5.50. The minimum Gasteiger partial charge on any atom is -0.493 e. The van der Waals surface area contributed by atoms with E-state index in [1.807, 2.05) is 12.1 Å². The molecule has 1 aliphatic heterocycles. The number of ether oxygens (including phenoxy) is 1. The Labute approximate surface area is 93.0 Å². The molecule has 16 heavy (non-hydrogen) atoms. The van der Waals surface area contributed by atoms with Crippen molar-refractivity contribution in [2.24, 2.45) is 0 Å². The van der Waals surface area contributed by atoms with E-state index in [-0.39, 0.29) is 0 Å². The summed E-state index contributed by atoms with van der Waals surface area (Å²) in [7, 11) is 0. The van der Waals surface area contributed by atoms with Crippen LogP contribution in [0.4, 0.5) is 5.82 Å². The van der Waals surface area contributed by atoms with Crippen LogP contribution in [0.15, 0.2) is 28.8 Å². The molecule has 4 nitrogen and oxygen atoms in total. The number of rotatable bonds is 2. The molecule has 3 rings (SSSR count). The molecule has 2 aromatic rings. The number of hydrogen-bond donors (Lipinski definition) is 1. The van der Waals surface area contributed by atoms with Gasteiger partial charge in [0.05, 0.1) is 6.61 Å². The Bertz CT molecular complexity index is 519. The molecule has 2 N–H and O–H groups in total. The van der Waals surface area contributed by atoms with Crippen molar-refractivity contribution in [1.29, 1.82) is 0 Å². The second-order valence-electron chi connectivity index (χ2n) is 3.94. The highest BCUT2D eigenvalue weighted by Gasteiger charge is 2.12. The summed E-state index contributed by atoms with van der Waals surface area (Å²) in [5.41, 5.74) is 7.96. The highest BCUT2D eigenvalue weighted by Crippen LogP contribution is 2.26. The van der Waals surface area contributed by atoms with E-state index in [2.05, 4.69) is 11.2 Å². The summed E-state index contributed by atoms with van der Waals surface area (Å²) in [6.07, 6.45) is 1.71. The average Bonchev–Trinajstić information content (AvgIpc) is 2.87. The second kappa shape index (κ2) is 3.56. The first-order valence-electron chi connectivity index (χ1n) is 5.27. The lowest BCUT2D eigenvalue weighted by Gasteiger charge is -2.01. The molecule has 0 aliphatic carbocycles. The topological polar surface area (TPSA) is 61.3 Å². The van der Waals surface area contributed by atoms with Crippen LogP contribution >= 0.6 is 0 Å². The van der Waals surface area contributed by atoms with Gasteiger partial charge in [-0.1, -0.05) is 17.3 Å². The fourth-order valence-electron chi connectivity index (χ4n) is 1.96. The molecule has 2 heterocycles. The molecular formula is C12H12N2O2. The zero-order chi connectivity index (χ0) is 11.0. The van der Waals surface area contributed by atoms with Gasteiger partial charge in [0, 0.05) is 18.9 Å². The van der Waals surface area contributed by atoms with Crippen LogP contribution in [0.25, 0.3) is 0 Å². The Morgan fingerprint density at radius 1 is 1.31 bits per heavy atom. The Hall–Kier alpha value is -1.97. The Morgan fingerprint density at radius 3 is 3.06 bits per heavy atom. The smallest absolute Gasteiger partial charge is 0.167 e. The molecule has 0 saturated heterocycles. The number of benzene rings is 1. The molecule has 0 fully saturated rings. The number of hydrogen-bond acceptors (Lipinski definition) is 4. The van der Waals surface area contributed by atoms with Gasteiger partial charge >= 0.3 is 0 Å². The molecule has 4 heteroatoms. The van der Waals surface area contributed by atoms with E-state index in [0.29, 0.717) is 5.82 Å². The van der Waals surface area contributed by atoms with Crippen LogP contribution in [-0.2, 0) is 12.8 Å². The molecule has 1 aromatic heterocycles. The maximum atomic E-state index is 5.50. The minimum atomic E-state index is 0.430. The van der Waals surface area contributed by atoms with Crippen LogP contribution in [0.2, 0.25) is 0 Å². The predicted molar refractivity (Wildman–Crippen MR) is 59.4 cm³/mol. The maximum Gasteiger partial charge on any atom is 0.167 e. The summed E-state index contributed by atoms with van der Waals surface area (Å²) in [5.74, 6) is 2.22. The van der Waals surface area contributed by atoms with Gasteiger partial charge in [0.25, 0.3) is 0 Å². The summed E-state index contributed by atoms with van der Waals surface area (Å²) in [6.45, 7) is 0.786. The van der Waals surface area contributed by atoms with E-state index in [4.69, 9.17) is 15.0 Å². The number of aromatic nitrogens is 1. The van der Waals surface area contributed by atoms with Crippen molar-refractivity contribution in [2.75, 3.05) is 12.3 Å². The highest BCUT2D eigenvalue weighted by atomic mass is 16.5. The van der Waals surface area contributed by atoms with Crippen molar-refractivity contribution in [2.45, 2.75) is 12.8 Å². The first kappa shape index (κ1) is 9.27. The lowest BCUT2D eigenvalue weighted by atomic mass is 10.1. The Kier molecular flexibility index (Phi) is 2.06. The van der Waals surface area contributed by atoms with Crippen molar-refractivity contribution in [3.8, 4) is 5.75 Å². The molecule has 0 spiro atoms. The highest BCUT2D eigenvalue weighted by molar-refractivity contribution is 5.41. The van der Waals surface area contributed by atoms with Crippen LogP contribution in [0.3, 0.4) is 0 Å². The van der Waals surface area contributed by atoms with Crippen LogP contribution < -0.4 is 10.5 Å². The van der Waals surface area contributed by atoms with E-state index in [1.54, 1.807) is 6.07 Å². The number of nitrogens with two attached hydrogens (primary N) is 1. The molecule has 82 valence electrons. The monoisotopic (exact) mass is 216 g/mol. The molecule has 1 aliphatic rings. The van der Waals surface area contributed by atoms with E-state index in [9.17, 15) is 0 Å². The van der Waals surface area contributed by atoms with Gasteiger partial charge in [-0.3, -0.25) is 0 Å². The number of nitrogens with zero attached hydrogens (tertiary/aromatic N) is 1. The zero-order valence-corrected chi connectivity index (χ0v) is 8.77. The first-order valence-corrected chi connectivity index (χ1v) is 5.27. The van der Waals surface area contributed by atoms with Crippen molar-refractivity contribution < 1.29 is 9.26 Å². The fourth-order valence-corrected chi connectivity index (χ4v) is 1.96. The lowest BCUT2D eigenvalue weighted by Crippen LogP contribution is -1.87. The van der Waals surface area contributed by atoms with Crippen LogP contribution in [-0.4, -0.2) is 11.8 Å². The predicted octanol–water partition coefficient (Wildman–Crippen LogP) is 1.78. The standard InChI is InChI=1S/C12H12N2O2/c13-12-7-10(16-14-12)6-8-1-2-11-9(5-8)3-4-15-11/h1-2,5,7H,3-4,6H2,(H2,13,14). The van der Waals surface area contributed by atoms with E-state index in [1.165, 1.54) is 11.1 Å². The van der Waals surface area contributed by atoms with Gasteiger partial charge in [0.1, 0.15) is 11.5 Å². The Balaban J connectivity index is 1.85. The van der Waals surface area contributed by atoms with Crippen molar-refractivity contribution >= 4 is 5.82 Å². The van der Waals surface area contributed by atoms with Crippen LogP contribution in [0.5, 0.6) is 5.75 Å². The fraction of sp³-hybridized carbons (Fsp3) is 0.250. The molecule has 0 bridgehead atoms. The molecule has 0 radical (unpaired) electrons. The summed E-state index contributed by atoms with van der Waals surface area (Å²) in [5, 5.41) is 3.66. The van der Waals surface area contributed by atoms with Gasteiger partial charge in [-0.25, -0.2) is 0 Å². The van der Waals surface area contributed by atoms with E-state index < -0.39 is 0 Å². The molecule has 0 unspecified atom stereocenters. The van der Waals surface area contributed by atoms with Crippen LogP contribution in [0.1, 0.15) is 16.9 Å². The molecule has 0 amide bonds. The SMILES string of the molecule is Nc1cc(Cc2ccc3c(c2)CCO3)on1. The van der Waals surface area contributed by atoms with Gasteiger partial charge in [0.15, 0.2) is 5.82 Å². The molecule has 1 aromatic carbocycles. The zero-order valence-electron chi connectivity index (χ0n) is 8.77. The summed E-state index contributed by atoms with van der Waals surface area (Å²) in [4.78, 5) is 0. The van der Waals surface area contributed by atoms with E-state index >= 15 is 0 Å². The van der Waals surface area contributed by atoms with Crippen LogP contribution in [0, 0.1) is 0 Å². The molecular weight excluding hydrogens is 204 g/mol. The third-order valence-corrected chi connectivity index (χ3v) is 2.71. The third-order valence-electron chi connectivity index (χ3n) is 2.71. The largest absolute Gasteiger partial charge is 0.493 e. The van der Waals surface area contributed by atoms with Gasteiger partial charge in [-0.2, -0.15) is 0 Å².